The second-order valence-corrected chi connectivity index (χ2v) is 6.78. The maximum atomic E-state index is 12.1. The summed E-state index contributed by atoms with van der Waals surface area (Å²) in [6, 6.07) is 2.72. The van der Waals surface area contributed by atoms with Gasteiger partial charge in [-0.2, -0.15) is 4.72 Å². The van der Waals surface area contributed by atoms with E-state index < -0.39 is 28.0 Å². The molecule has 0 radical (unpaired) electrons. The number of nitrogens with one attached hydrogen (secondary N) is 1. The Morgan fingerprint density at radius 2 is 1.89 bits per heavy atom. The van der Waals surface area contributed by atoms with Gasteiger partial charge in [0.25, 0.3) is 0 Å². The molecule has 0 unspecified atom stereocenters. The Kier molecular flexibility index (Phi) is 5.20. The van der Waals surface area contributed by atoms with Crippen molar-refractivity contribution in [3.8, 4) is 0 Å². The molecule has 0 amide bonds. The van der Waals surface area contributed by atoms with E-state index in [0.29, 0.717) is 0 Å². The number of carboxylic acid groups (broad SMARTS) is 1. The van der Waals surface area contributed by atoms with Crippen molar-refractivity contribution in [1.29, 1.82) is 0 Å². The summed E-state index contributed by atoms with van der Waals surface area (Å²) < 4.78 is 26.3. The van der Waals surface area contributed by atoms with Crippen LogP contribution in [0.25, 0.3) is 0 Å². The van der Waals surface area contributed by atoms with Gasteiger partial charge in [0.2, 0.25) is 10.0 Å². The van der Waals surface area contributed by atoms with Gasteiger partial charge in [-0.15, -0.1) is 0 Å². The number of carbonyl (C=O) groups is 1. The van der Waals surface area contributed by atoms with Gasteiger partial charge in [-0.25, -0.2) is 8.42 Å². The maximum absolute atomic E-state index is 12.1. The molecule has 5 nitrogen and oxygen atoms in total. The van der Waals surface area contributed by atoms with Crippen LogP contribution >= 0.6 is 23.2 Å². The molecule has 0 aliphatic carbocycles. The molecule has 19 heavy (non-hydrogen) atoms. The Balaban J connectivity index is 3.17. The number of hydrogen-bond acceptors (Lipinski definition) is 3. The lowest BCUT2D eigenvalue weighted by Crippen LogP contribution is -2.44. The van der Waals surface area contributed by atoms with E-state index in [1.807, 2.05) is 0 Å². The van der Waals surface area contributed by atoms with Crippen LogP contribution in [-0.2, 0) is 14.8 Å². The molecule has 0 aromatic heterocycles. The number of hydrogen-bond donors (Lipinski definition) is 2. The molecule has 106 valence electrons. The topological polar surface area (TPSA) is 83.5 Å². The summed E-state index contributed by atoms with van der Waals surface area (Å²) in [5.74, 6) is -1.66. The molecule has 1 aromatic carbocycles. The van der Waals surface area contributed by atoms with Gasteiger partial charge in [-0.1, -0.05) is 37.0 Å². The number of rotatable bonds is 5. The van der Waals surface area contributed by atoms with E-state index in [9.17, 15) is 13.2 Å². The Morgan fingerprint density at radius 3 is 2.37 bits per heavy atom. The first-order chi connectivity index (χ1) is 8.65. The van der Waals surface area contributed by atoms with Crippen molar-refractivity contribution in [2.45, 2.75) is 24.8 Å². The normalized spacial score (nSPS) is 13.5. The van der Waals surface area contributed by atoms with Crippen LogP contribution in [0.4, 0.5) is 0 Å². The van der Waals surface area contributed by atoms with Crippen LogP contribution in [0.15, 0.2) is 23.1 Å². The first-order valence-corrected chi connectivity index (χ1v) is 7.59. The molecule has 1 atom stereocenters. The van der Waals surface area contributed by atoms with Crippen LogP contribution in [0.1, 0.15) is 13.8 Å². The van der Waals surface area contributed by atoms with Crippen molar-refractivity contribution < 1.29 is 18.3 Å². The molecule has 0 bridgehead atoms. The second-order valence-electron chi connectivity index (χ2n) is 4.26. The summed E-state index contributed by atoms with van der Waals surface area (Å²) in [6.07, 6.45) is 0. The van der Waals surface area contributed by atoms with Crippen LogP contribution < -0.4 is 4.72 Å². The quantitative estimate of drug-likeness (QED) is 0.870. The minimum Gasteiger partial charge on any atom is -0.480 e. The third-order valence-corrected chi connectivity index (χ3v) is 4.56. The molecule has 1 aromatic rings. The van der Waals surface area contributed by atoms with E-state index in [4.69, 9.17) is 28.3 Å². The number of carboxylic acids is 1. The zero-order valence-corrected chi connectivity index (χ0v) is 12.6. The fraction of sp³-hybridized carbons (Fsp3) is 0.364. The van der Waals surface area contributed by atoms with Gasteiger partial charge in [0.15, 0.2) is 0 Å². The van der Waals surface area contributed by atoms with E-state index in [1.165, 1.54) is 18.2 Å². The van der Waals surface area contributed by atoms with Crippen LogP contribution in [0.3, 0.4) is 0 Å². The molecule has 8 heteroatoms. The number of aliphatic carboxylic acids is 1. The van der Waals surface area contributed by atoms with Crippen molar-refractivity contribution in [2.75, 3.05) is 0 Å². The van der Waals surface area contributed by atoms with Gasteiger partial charge in [0.1, 0.15) is 10.9 Å². The fourth-order valence-corrected chi connectivity index (χ4v) is 3.49. The zero-order chi connectivity index (χ0) is 14.8. The van der Waals surface area contributed by atoms with Gasteiger partial charge < -0.3 is 5.11 Å². The molecule has 2 N–H and O–H groups in total. The highest BCUT2D eigenvalue weighted by molar-refractivity contribution is 7.89. The van der Waals surface area contributed by atoms with Gasteiger partial charge in [0.05, 0.1) is 5.02 Å². The molecule has 0 spiro atoms. The molecular formula is C11H13Cl2NO4S. The molecule has 0 fully saturated rings. The summed E-state index contributed by atoms with van der Waals surface area (Å²) >= 11 is 11.5. The third-order valence-electron chi connectivity index (χ3n) is 2.40. The lowest BCUT2D eigenvalue weighted by Gasteiger charge is -2.18. The number of sulfonamides is 1. The zero-order valence-electron chi connectivity index (χ0n) is 10.2. The van der Waals surface area contributed by atoms with Crippen molar-refractivity contribution in [3.05, 3.63) is 28.2 Å². The highest BCUT2D eigenvalue weighted by Crippen LogP contribution is 2.25. The van der Waals surface area contributed by atoms with Gasteiger partial charge in [-0.3, -0.25) is 4.79 Å². The summed E-state index contributed by atoms with van der Waals surface area (Å²) in [5, 5.41) is 9.16. The monoisotopic (exact) mass is 325 g/mol. The van der Waals surface area contributed by atoms with E-state index >= 15 is 0 Å². The maximum Gasteiger partial charge on any atom is 0.322 e. The van der Waals surface area contributed by atoms with E-state index in [0.717, 1.165) is 0 Å². The van der Waals surface area contributed by atoms with Gasteiger partial charge in [0, 0.05) is 5.02 Å². The predicted molar refractivity (Wildman–Crippen MR) is 73.0 cm³/mol. The predicted octanol–water partition coefficient (Wildman–Crippen LogP) is 2.38. The summed E-state index contributed by atoms with van der Waals surface area (Å²) in [7, 11) is -4.05. The molecule has 0 aliphatic rings. The van der Waals surface area contributed by atoms with E-state index in [-0.39, 0.29) is 14.9 Å². The average molecular weight is 326 g/mol. The Bertz CT molecular complexity index is 586. The Hall–Kier alpha value is -0.820. The molecule has 1 rings (SSSR count). The van der Waals surface area contributed by atoms with E-state index in [1.54, 1.807) is 13.8 Å². The first-order valence-electron chi connectivity index (χ1n) is 5.35. The lowest BCUT2D eigenvalue weighted by atomic mass is 10.1. The van der Waals surface area contributed by atoms with Crippen LogP contribution in [0, 0.1) is 5.92 Å². The van der Waals surface area contributed by atoms with Crippen molar-refractivity contribution in [2.24, 2.45) is 5.92 Å². The van der Waals surface area contributed by atoms with E-state index in [2.05, 4.69) is 4.72 Å². The van der Waals surface area contributed by atoms with Gasteiger partial charge in [-0.05, 0) is 24.1 Å². The lowest BCUT2D eigenvalue weighted by molar-refractivity contribution is -0.140. The molecule has 0 heterocycles. The van der Waals surface area contributed by atoms with Crippen molar-refractivity contribution in [3.63, 3.8) is 0 Å². The number of benzene rings is 1. The average Bonchev–Trinajstić information content (AvgIpc) is 2.28. The minimum absolute atomic E-state index is 0.0233. The largest absolute Gasteiger partial charge is 0.480 e. The summed E-state index contributed by atoms with van der Waals surface area (Å²) in [4.78, 5) is 10.8. The molecule has 0 saturated carbocycles. The van der Waals surface area contributed by atoms with Crippen LogP contribution in [0.5, 0.6) is 0 Å². The van der Waals surface area contributed by atoms with Crippen molar-refractivity contribution in [1.82, 2.24) is 4.72 Å². The minimum atomic E-state index is -4.05. The highest BCUT2D eigenvalue weighted by Gasteiger charge is 2.29. The summed E-state index contributed by atoms with van der Waals surface area (Å²) in [5.41, 5.74) is 0. The smallest absolute Gasteiger partial charge is 0.322 e. The van der Waals surface area contributed by atoms with Crippen LogP contribution in [-0.4, -0.2) is 25.5 Å². The van der Waals surface area contributed by atoms with Crippen molar-refractivity contribution >= 4 is 39.2 Å². The Morgan fingerprint density at radius 1 is 1.32 bits per heavy atom. The molecule has 0 saturated heterocycles. The number of halogens is 2. The first kappa shape index (κ1) is 16.2. The molecule has 0 aliphatic heterocycles. The summed E-state index contributed by atoms with van der Waals surface area (Å²) in [6.45, 7) is 3.20. The Labute approximate surface area is 121 Å². The second kappa shape index (κ2) is 6.09. The molecular weight excluding hydrogens is 313 g/mol. The van der Waals surface area contributed by atoms with Crippen LogP contribution in [0.2, 0.25) is 10.0 Å². The highest BCUT2D eigenvalue weighted by atomic mass is 35.5. The third kappa shape index (κ3) is 4.07. The fourth-order valence-electron chi connectivity index (χ4n) is 1.39. The standard InChI is InChI=1S/C11H13Cl2NO4S/c1-6(2)10(11(15)16)14-19(17,18)9-5-7(12)3-4-8(9)13/h3-6,10,14H,1-2H3,(H,15,16)/t10-/m1/s1. The SMILES string of the molecule is CC(C)[C@@H](NS(=O)(=O)c1cc(Cl)ccc1Cl)C(=O)O. The van der Waals surface area contributed by atoms with Gasteiger partial charge >= 0.3 is 5.97 Å².